The van der Waals surface area contributed by atoms with Crippen LogP contribution < -0.4 is 10.2 Å². The van der Waals surface area contributed by atoms with E-state index in [0.717, 1.165) is 26.2 Å². The van der Waals surface area contributed by atoms with Gasteiger partial charge in [-0.25, -0.2) is 14.8 Å². The second kappa shape index (κ2) is 9.09. The maximum Gasteiger partial charge on any atom is 0.340 e. The van der Waals surface area contributed by atoms with Gasteiger partial charge in [0.15, 0.2) is 0 Å². The van der Waals surface area contributed by atoms with Crippen LogP contribution in [0.4, 0.5) is 11.6 Å². The van der Waals surface area contributed by atoms with Crippen molar-refractivity contribution in [2.24, 2.45) is 0 Å². The molecule has 1 aliphatic rings. The number of rotatable bonds is 6. The van der Waals surface area contributed by atoms with Crippen molar-refractivity contribution in [3.8, 4) is 0 Å². The molecule has 2 aromatic rings. The standard InChI is InChI=1S/C19H23N5O3/c1-2-27-18(26)15-6-3-4-7-16(15)22-17(25)14-23-10-12-24(13-11-23)19-20-8-5-9-21-19/h3-9H,2,10-14H2,1H3,(H,22,25). The van der Waals surface area contributed by atoms with Crippen molar-refractivity contribution in [1.29, 1.82) is 0 Å². The molecule has 0 radical (unpaired) electrons. The van der Waals surface area contributed by atoms with Crippen molar-refractivity contribution in [2.45, 2.75) is 6.92 Å². The Morgan fingerprint density at radius 2 is 1.78 bits per heavy atom. The number of nitrogens with one attached hydrogen (secondary N) is 1. The molecule has 0 bridgehead atoms. The summed E-state index contributed by atoms with van der Waals surface area (Å²) in [5.74, 6) is 0.117. The Balaban J connectivity index is 1.53. The first kappa shape index (κ1) is 18.8. The second-order valence-corrected chi connectivity index (χ2v) is 6.13. The highest BCUT2D eigenvalue weighted by atomic mass is 16.5. The molecule has 0 spiro atoms. The van der Waals surface area contributed by atoms with Crippen LogP contribution in [0.5, 0.6) is 0 Å². The summed E-state index contributed by atoms with van der Waals surface area (Å²) in [4.78, 5) is 37.1. The van der Waals surface area contributed by atoms with Crippen LogP contribution in [-0.2, 0) is 9.53 Å². The highest BCUT2D eigenvalue weighted by Gasteiger charge is 2.21. The summed E-state index contributed by atoms with van der Waals surface area (Å²) >= 11 is 0. The number of piperazine rings is 1. The fourth-order valence-electron chi connectivity index (χ4n) is 2.93. The van der Waals surface area contributed by atoms with Crippen LogP contribution in [0, 0.1) is 0 Å². The average molecular weight is 369 g/mol. The zero-order chi connectivity index (χ0) is 19.1. The number of esters is 1. The Hall–Kier alpha value is -3.00. The van der Waals surface area contributed by atoms with Gasteiger partial charge in [-0.15, -0.1) is 0 Å². The number of para-hydroxylation sites is 1. The fourth-order valence-corrected chi connectivity index (χ4v) is 2.93. The number of anilines is 2. The Kier molecular flexibility index (Phi) is 6.32. The van der Waals surface area contributed by atoms with Crippen LogP contribution in [0.3, 0.4) is 0 Å². The van der Waals surface area contributed by atoms with E-state index in [9.17, 15) is 9.59 Å². The highest BCUT2D eigenvalue weighted by Crippen LogP contribution is 2.16. The molecule has 1 fully saturated rings. The van der Waals surface area contributed by atoms with Gasteiger partial charge < -0.3 is 15.0 Å². The lowest BCUT2D eigenvalue weighted by molar-refractivity contribution is -0.117. The number of carbonyl (C=O) groups excluding carboxylic acids is 2. The number of carbonyl (C=O) groups is 2. The van der Waals surface area contributed by atoms with E-state index in [-0.39, 0.29) is 19.1 Å². The van der Waals surface area contributed by atoms with Crippen LogP contribution in [0.25, 0.3) is 0 Å². The molecular formula is C19H23N5O3. The molecule has 1 aliphatic heterocycles. The van der Waals surface area contributed by atoms with Gasteiger partial charge in [0.2, 0.25) is 11.9 Å². The molecule has 2 heterocycles. The summed E-state index contributed by atoms with van der Waals surface area (Å²) in [6.07, 6.45) is 3.45. The Bertz CT molecular complexity index is 776. The molecule has 1 aromatic carbocycles. The lowest BCUT2D eigenvalue weighted by atomic mass is 10.2. The zero-order valence-corrected chi connectivity index (χ0v) is 15.3. The molecule has 0 atom stereocenters. The lowest BCUT2D eigenvalue weighted by Gasteiger charge is -2.34. The summed E-state index contributed by atoms with van der Waals surface area (Å²) in [5, 5.41) is 2.82. The van der Waals surface area contributed by atoms with Crippen LogP contribution in [-0.4, -0.2) is 66.1 Å². The second-order valence-electron chi connectivity index (χ2n) is 6.13. The topological polar surface area (TPSA) is 87.7 Å². The lowest BCUT2D eigenvalue weighted by Crippen LogP contribution is -2.49. The van der Waals surface area contributed by atoms with Crippen molar-refractivity contribution in [3.63, 3.8) is 0 Å². The Labute approximate surface area is 158 Å². The third-order valence-corrected chi connectivity index (χ3v) is 4.27. The minimum Gasteiger partial charge on any atom is -0.462 e. The number of hydrogen-bond donors (Lipinski definition) is 1. The normalized spacial score (nSPS) is 14.6. The first-order valence-electron chi connectivity index (χ1n) is 8.97. The summed E-state index contributed by atoms with van der Waals surface area (Å²) in [5.41, 5.74) is 0.830. The quantitative estimate of drug-likeness (QED) is 0.771. The maximum absolute atomic E-state index is 12.4. The summed E-state index contributed by atoms with van der Waals surface area (Å²) in [6.45, 7) is 5.31. The largest absolute Gasteiger partial charge is 0.462 e. The zero-order valence-electron chi connectivity index (χ0n) is 15.3. The predicted octanol–water partition coefficient (Wildman–Crippen LogP) is 1.41. The molecule has 8 heteroatoms. The molecule has 142 valence electrons. The molecule has 0 saturated carbocycles. The van der Waals surface area contributed by atoms with Crippen LogP contribution in [0.15, 0.2) is 42.7 Å². The summed E-state index contributed by atoms with van der Waals surface area (Å²) < 4.78 is 5.04. The Morgan fingerprint density at radius 3 is 2.48 bits per heavy atom. The highest BCUT2D eigenvalue weighted by molar-refractivity contribution is 6.01. The van der Waals surface area contributed by atoms with Crippen LogP contribution in [0.1, 0.15) is 17.3 Å². The molecule has 1 aromatic heterocycles. The van der Waals surface area contributed by atoms with E-state index < -0.39 is 5.97 Å². The van der Waals surface area contributed by atoms with Gasteiger partial charge in [-0.2, -0.15) is 0 Å². The van der Waals surface area contributed by atoms with E-state index in [1.807, 2.05) is 0 Å². The van der Waals surface area contributed by atoms with Crippen molar-refractivity contribution in [1.82, 2.24) is 14.9 Å². The van der Waals surface area contributed by atoms with E-state index >= 15 is 0 Å². The fraction of sp³-hybridized carbons (Fsp3) is 0.368. The number of hydrogen-bond acceptors (Lipinski definition) is 7. The van der Waals surface area contributed by atoms with Crippen LogP contribution in [0.2, 0.25) is 0 Å². The van der Waals surface area contributed by atoms with Crippen LogP contribution >= 0.6 is 0 Å². The maximum atomic E-state index is 12.4. The van der Waals surface area contributed by atoms with Crippen molar-refractivity contribution in [2.75, 3.05) is 49.5 Å². The van der Waals surface area contributed by atoms with Gasteiger partial charge in [0.25, 0.3) is 0 Å². The van der Waals surface area contributed by atoms with Gasteiger partial charge in [0, 0.05) is 38.6 Å². The van der Waals surface area contributed by atoms with Gasteiger partial charge >= 0.3 is 5.97 Å². The predicted molar refractivity (Wildman–Crippen MR) is 102 cm³/mol. The first-order chi connectivity index (χ1) is 13.2. The number of benzene rings is 1. The monoisotopic (exact) mass is 369 g/mol. The third kappa shape index (κ3) is 5.01. The minimum absolute atomic E-state index is 0.156. The number of aromatic nitrogens is 2. The molecule has 1 saturated heterocycles. The van der Waals surface area contributed by atoms with Gasteiger partial charge in [-0.3, -0.25) is 9.69 Å². The average Bonchev–Trinajstić information content (AvgIpc) is 2.70. The van der Waals surface area contributed by atoms with Crippen molar-refractivity contribution in [3.05, 3.63) is 48.3 Å². The van der Waals surface area contributed by atoms with E-state index in [1.165, 1.54) is 0 Å². The van der Waals surface area contributed by atoms with Gasteiger partial charge in [-0.05, 0) is 25.1 Å². The molecule has 1 N–H and O–H groups in total. The molecule has 1 amide bonds. The van der Waals surface area contributed by atoms with E-state index in [4.69, 9.17) is 4.74 Å². The van der Waals surface area contributed by atoms with Gasteiger partial charge in [0.05, 0.1) is 24.4 Å². The number of nitrogens with zero attached hydrogens (tertiary/aromatic N) is 4. The van der Waals surface area contributed by atoms with E-state index in [2.05, 4.69) is 25.1 Å². The molecule has 0 aliphatic carbocycles. The minimum atomic E-state index is -0.440. The smallest absolute Gasteiger partial charge is 0.340 e. The summed E-state index contributed by atoms with van der Waals surface area (Å²) in [6, 6.07) is 8.66. The van der Waals surface area contributed by atoms with E-state index in [0.29, 0.717) is 17.2 Å². The first-order valence-corrected chi connectivity index (χ1v) is 8.97. The number of ether oxygens (including phenoxy) is 1. The number of amides is 1. The van der Waals surface area contributed by atoms with Crippen molar-refractivity contribution >= 4 is 23.5 Å². The van der Waals surface area contributed by atoms with Gasteiger partial charge in [0.1, 0.15) is 0 Å². The molecule has 3 rings (SSSR count). The molecule has 0 unspecified atom stereocenters. The SMILES string of the molecule is CCOC(=O)c1ccccc1NC(=O)CN1CCN(c2ncccn2)CC1. The third-order valence-electron chi connectivity index (χ3n) is 4.27. The molecule has 27 heavy (non-hydrogen) atoms. The van der Waals surface area contributed by atoms with Crippen molar-refractivity contribution < 1.29 is 14.3 Å². The van der Waals surface area contributed by atoms with Gasteiger partial charge in [-0.1, -0.05) is 12.1 Å². The molecular weight excluding hydrogens is 346 g/mol. The Morgan fingerprint density at radius 1 is 1.07 bits per heavy atom. The summed E-state index contributed by atoms with van der Waals surface area (Å²) in [7, 11) is 0. The van der Waals surface area contributed by atoms with E-state index in [1.54, 1.807) is 49.6 Å². The molecule has 8 nitrogen and oxygen atoms in total.